The van der Waals surface area contributed by atoms with Gasteiger partial charge in [0.15, 0.2) is 0 Å². The second-order valence-electron chi connectivity index (χ2n) is 8.98. The van der Waals surface area contributed by atoms with Gasteiger partial charge in [-0.25, -0.2) is 0 Å². The predicted octanol–water partition coefficient (Wildman–Crippen LogP) is 9.22. The minimum Gasteiger partial charge on any atom is -0.0837 e. The second kappa shape index (κ2) is 11.0. The molecule has 1 saturated carbocycles. The maximum atomic E-state index is 6.53. The van der Waals surface area contributed by atoms with E-state index < -0.39 is 0 Å². The highest BCUT2D eigenvalue weighted by molar-refractivity contribution is 6.32. The summed E-state index contributed by atoms with van der Waals surface area (Å²) in [6, 6.07) is 17.7. The van der Waals surface area contributed by atoms with E-state index in [-0.39, 0.29) is 0 Å². The molecular weight excluding hydrogens is 372 g/mol. The summed E-state index contributed by atoms with van der Waals surface area (Å²) < 4.78 is 0. The molecular formula is C28H37Cl. The summed E-state index contributed by atoms with van der Waals surface area (Å²) in [4.78, 5) is 0. The van der Waals surface area contributed by atoms with E-state index >= 15 is 0 Å². The van der Waals surface area contributed by atoms with Gasteiger partial charge in [0.25, 0.3) is 0 Å². The zero-order valence-electron chi connectivity index (χ0n) is 18.5. The lowest BCUT2D eigenvalue weighted by Crippen LogP contribution is -2.22. The first-order valence-corrected chi connectivity index (χ1v) is 12.0. The Bertz CT molecular complexity index is 789. The maximum absolute atomic E-state index is 6.53. The second-order valence-corrected chi connectivity index (χ2v) is 9.39. The van der Waals surface area contributed by atoms with Gasteiger partial charge in [-0.1, -0.05) is 86.8 Å². The lowest BCUT2D eigenvalue weighted by atomic mass is 9.70. The average molecular weight is 409 g/mol. The first-order valence-electron chi connectivity index (χ1n) is 11.6. The number of benzene rings is 2. The van der Waals surface area contributed by atoms with Gasteiger partial charge in [-0.3, -0.25) is 0 Å². The van der Waals surface area contributed by atoms with Crippen LogP contribution < -0.4 is 0 Å². The minimum atomic E-state index is 0.743. The molecule has 29 heavy (non-hydrogen) atoms. The number of halogens is 1. The van der Waals surface area contributed by atoms with Crippen LogP contribution in [0, 0.1) is 18.8 Å². The number of hydrogen-bond donors (Lipinski definition) is 0. The van der Waals surface area contributed by atoms with Gasteiger partial charge in [0, 0.05) is 5.02 Å². The largest absolute Gasteiger partial charge is 0.0837 e. The Morgan fingerprint density at radius 3 is 2.34 bits per heavy atom. The van der Waals surface area contributed by atoms with Gasteiger partial charge in [0.2, 0.25) is 0 Å². The summed E-state index contributed by atoms with van der Waals surface area (Å²) in [5.74, 6) is 2.48. The molecule has 2 aromatic carbocycles. The van der Waals surface area contributed by atoms with Crippen LogP contribution in [-0.4, -0.2) is 0 Å². The van der Waals surface area contributed by atoms with Crippen LogP contribution in [0.1, 0.15) is 87.8 Å². The molecule has 3 atom stereocenters. The molecule has 3 unspecified atom stereocenters. The molecule has 1 aliphatic carbocycles. The van der Waals surface area contributed by atoms with Crippen molar-refractivity contribution in [1.29, 1.82) is 0 Å². The fraction of sp³-hybridized carbons (Fsp3) is 0.500. The van der Waals surface area contributed by atoms with E-state index in [0.717, 1.165) is 29.2 Å². The Labute approximate surface area is 183 Å². The Balaban J connectivity index is 1.66. The van der Waals surface area contributed by atoms with Gasteiger partial charge in [0.1, 0.15) is 0 Å². The van der Waals surface area contributed by atoms with Crippen molar-refractivity contribution in [3.63, 3.8) is 0 Å². The van der Waals surface area contributed by atoms with Crippen molar-refractivity contribution in [3.8, 4) is 0 Å². The Kier molecular flexibility index (Phi) is 8.42. The van der Waals surface area contributed by atoms with Crippen molar-refractivity contribution in [2.75, 3.05) is 0 Å². The number of aryl methyl sites for hydroxylation is 1. The highest BCUT2D eigenvalue weighted by atomic mass is 35.5. The van der Waals surface area contributed by atoms with Crippen molar-refractivity contribution < 1.29 is 0 Å². The SMILES string of the molecule is CCCC1CC(CC/C=C(\CC)c2ccc(C)cc2Cl)CC(c2ccccc2)C1. The monoisotopic (exact) mass is 408 g/mol. The van der Waals surface area contributed by atoms with E-state index in [1.165, 1.54) is 61.6 Å². The Morgan fingerprint density at radius 1 is 0.966 bits per heavy atom. The fourth-order valence-electron chi connectivity index (χ4n) is 5.26. The molecule has 0 heterocycles. The molecule has 0 amide bonds. The lowest BCUT2D eigenvalue weighted by molar-refractivity contribution is 0.218. The summed E-state index contributed by atoms with van der Waals surface area (Å²) in [7, 11) is 0. The molecule has 0 saturated heterocycles. The Hall–Kier alpha value is -1.53. The van der Waals surface area contributed by atoms with Crippen LogP contribution in [-0.2, 0) is 0 Å². The number of hydrogen-bond acceptors (Lipinski definition) is 0. The fourth-order valence-corrected chi connectivity index (χ4v) is 5.62. The van der Waals surface area contributed by atoms with Crippen LogP contribution in [0.2, 0.25) is 5.02 Å². The first-order chi connectivity index (χ1) is 14.1. The standard InChI is InChI=1S/C28H37Cl/c1-4-10-22-18-23(20-26(19-22)25-12-7-6-8-13-25)11-9-14-24(5-2)27-16-15-21(3)17-28(27)29/h6-8,12-17,22-23,26H,4-5,9-11,18-20H2,1-3H3/b24-14+. The number of rotatable bonds is 8. The smallest absolute Gasteiger partial charge is 0.0483 e. The van der Waals surface area contributed by atoms with Crippen LogP contribution in [0.3, 0.4) is 0 Å². The molecule has 1 fully saturated rings. The van der Waals surface area contributed by atoms with Crippen LogP contribution in [0.5, 0.6) is 0 Å². The van der Waals surface area contributed by atoms with Crippen molar-refractivity contribution in [1.82, 2.24) is 0 Å². The minimum absolute atomic E-state index is 0.743. The van der Waals surface area contributed by atoms with Crippen molar-refractivity contribution in [3.05, 3.63) is 76.3 Å². The predicted molar refractivity (Wildman–Crippen MR) is 129 cm³/mol. The molecule has 0 aromatic heterocycles. The zero-order valence-corrected chi connectivity index (χ0v) is 19.2. The molecule has 2 aromatic rings. The van der Waals surface area contributed by atoms with Crippen LogP contribution >= 0.6 is 11.6 Å². The molecule has 3 rings (SSSR count). The molecule has 0 N–H and O–H groups in total. The van der Waals surface area contributed by atoms with E-state index in [2.05, 4.69) is 75.4 Å². The number of allylic oxidation sites excluding steroid dienone is 2. The average Bonchev–Trinajstić information content (AvgIpc) is 2.73. The van der Waals surface area contributed by atoms with Crippen molar-refractivity contribution in [2.45, 2.75) is 78.1 Å². The van der Waals surface area contributed by atoms with E-state index in [9.17, 15) is 0 Å². The maximum Gasteiger partial charge on any atom is 0.0483 e. The third-order valence-corrected chi connectivity index (χ3v) is 7.00. The molecule has 1 heteroatoms. The molecule has 0 radical (unpaired) electrons. The molecule has 0 aliphatic heterocycles. The van der Waals surface area contributed by atoms with Crippen LogP contribution in [0.15, 0.2) is 54.6 Å². The highest BCUT2D eigenvalue weighted by Gasteiger charge is 2.28. The highest BCUT2D eigenvalue weighted by Crippen LogP contribution is 2.43. The van der Waals surface area contributed by atoms with Gasteiger partial charge in [-0.15, -0.1) is 0 Å². The van der Waals surface area contributed by atoms with E-state index in [4.69, 9.17) is 11.6 Å². The van der Waals surface area contributed by atoms with E-state index in [1.807, 2.05) is 0 Å². The molecule has 1 aliphatic rings. The summed E-state index contributed by atoms with van der Waals surface area (Å²) in [6.45, 7) is 6.68. The van der Waals surface area contributed by atoms with Crippen molar-refractivity contribution >= 4 is 17.2 Å². The molecule has 0 bridgehead atoms. The van der Waals surface area contributed by atoms with E-state index in [0.29, 0.717) is 0 Å². The molecule has 156 valence electrons. The summed E-state index contributed by atoms with van der Waals surface area (Å²) in [5.41, 5.74) is 5.39. The third kappa shape index (κ3) is 6.22. The van der Waals surface area contributed by atoms with Gasteiger partial charge in [0.05, 0.1) is 0 Å². The third-order valence-electron chi connectivity index (χ3n) is 6.69. The summed E-state index contributed by atoms with van der Waals surface area (Å²) >= 11 is 6.53. The van der Waals surface area contributed by atoms with Crippen LogP contribution in [0.25, 0.3) is 5.57 Å². The lowest BCUT2D eigenvalue weighted by Gasteiger charge is -2.35. The topological polar surface area (TPSA) is 0 Å². The summed E-state index contributed by atoms with van der Waals surface area (Å²) in [6.07, 6.45) is 12.8. The van der Waals surface area contributed by atoms with Gasteiger partial charge < -0.3 is 0 Å². The van der Waals surface area contributed by atoms with Gasteiger partial charge in [-0.05, 0) is 91.5 Å². The van der Waals surface area contributed by atoms with E-state index in [1.54, 1.807) is 5.56 Å². The van der Waals surface area contributed by atoms with Gasteiger partial charge >= 0.3 is 0 Å². The van der Waals surface area contributed by atoms with Gasteiger partial charge in [-0.2, -0.15) is 0 Å². The van der Waals surface area contributed by atoms with Crippen molar-refractivity contribution in [2.24, 2.45) is 11.8 Å². The zero-order chi connectivity index (χ0) is 20.6. The quantitative estimate of drug-likeness (QED) is 0.408. The first kappa shape index (κ1) is 22.2. The molecule has 0 nitrogen and oxygen atoms in total. The Morgan fingerprint density at radius 2 is 1.69 bits per heavy atom. The van der Waals surface area contributed by atoms with Crippen LogP contribution in [0.4, 0.5) is 0 Å². The summed E-state index contributed by atoms with van der Waals surface area (Å²) in [5, 5.41) is 0.892. The molecule has 0 spiro atoms. The normalized spacial score (nSPS) is 22.6.